The Bertz CT molecular complexity index is 353. The van der Waals surface area contributed by atoms with E-state index >= 15 is 0 Å². The molecule has 0 aliphatic carbocycles. The lowest BCUT2D eigenvalue weighted by atomic mass is 10.3. The zero-order chi connectivity index (χ0) is 8.55. The van der Waals surface area contributed by atoms with Gasteiger partial charge in [-0.15, -0.1) is 0 Å². The number of nitrogens with one attached hydrogen (secondary N) is 1. The highest BCUT2D eigenvalue weighted by Gasteiger charge is 2.14. The second-order valence-corrected chi connectivity index (χ2v) is 2.47. The summed E-state index contributed by atoms with van der Waals surface area (Å²) in [6.45, 7) is 0.326. The lowest BCUT2D eigenvalue weighted by Crippen LogP contribution is -2.19. The molecule has 0 bridgehead atoms. The van der Waals surface area contributed by atoms with Crippen LogP contribution in [0.1, 0.15) is 0 Å². The van der Waals surface area contributed by atoms with Gasteiger partial charge in [0.2, 0.25) is 5.95 Å². The van der Waals surface area contributed by atoms with E-state index < -0.39 is 5.97 Å². The van der Waals surface area contributed by atoms with E-state index in [-0.39, 0.29) is 0 Å². The van der Waals surface area contributed by atoms with Gasteiger partial charge in [0.05, 0.1) is 12.1 Å². The van der Waals surface area contributed by atoms with E-state index in [1.54, 1.807) is 23.2 Å². The number of imidazole rings is 1. The number of aromatic nitrogens is 2. The molecule has 0 amide bonds. The van der Waals surface area contributed by atoms with E-state index in [4.69, 9.17) is 5.11 Å². The average Bonchev–Trinajstić information content (AvgIpc) is 2.49. The maximum absolute atomic E-state index is 10.5. The molecule has 5 nitrogen and oxygen atoms in total. The van der Waals surface area contributed by atoms with Crippen LogP contribution < -0.4 is 5.32 Å². The zero-order valence-electron chi connectivity index (χ0n) is 6.19. The number of hydrogen-bond donors (Lipinski definition) is 2. The molecule has 62 valence electrons. The van der Waals surface area contributed by atoms with Gasteiger partial charge in [0.25, 0.3) is 0 Å². The highest BCUT2D eigenvalue weighted by atomic mass is 16.4. The van der Waals surface area contributed by atoms with Crippen molar-refractivity contribution >= 4 is 18.1 Å². The van der Waals surface area contributed by atoms with E-state index in [0.717, 1.165) is 0 Å². The van der Waals surface area contributed by atoms with Crippen LogP contribution in [0.3, 0.4) is 0 Å². The molecule has 0 atom stereocenters. The second-order valence-electron chi connectivity index (χ2n) is 2.47. The molecule has 0 saturated heterocycles. The van der Waals surface area contributed by atoms with Crippen LogP contribution in [0, 0.1) is 0 Å². The first-order valence-corrected chi connectivity index (χ1v) is 3.48. The minimum Gasteiger partial charge on any atom is -0.478 e. The average molecular weight is 165 g/mol. The molecule has 0 aromatic carbocycles. The predicted molar refractivity (Wildman–Crippen MR) is 42.6 cm³/mol. The maximum atomic E-state index is 10.5. The lowest BCUT2D eigenvalue weighted by molar-refractivity contribution is -0.132. The van der Waals surface area contributed by atoms with Gasteiger partial charge < -0.3 is 10.4 Å². The number of carbonyl (C=O) groups is 1. The minimum atomic E-state index is -0.901. The minimum absolute atomic E-state index is 0.326. The van der Waals surface area contributed by atoms with Gasteiger partial charge in [-0.2, -0.15) is 0 Å². The Labute approximate surface area is 68.3 Å². The van der Waals surface area contributed by atoms with Gasteiger partial charge in [-0.1, -0.05) is 0 Å². The Morgan fingerprint density at radius 1 is 1.75 bits per heavy atom. The Hall–Kier alpha value is -1.78. The van der Waals surface area contributed by atoms with Crippen LogP contribution in [0.25, 0.3) is 6.20 Å². The molecule has 2 rings (SSSR count). The molecular weight excluding hydrogens is 158 g/mol. The summed E-state index contributed by atoms with van der Waals surface area (Å²) in [5, 5.41) is 11.5. The predicted octanol–water partition coefficient (Wildman–Crippen LogP) is 0.234. The summed E-state index contributed by atoms with van der Waals surface area (Å²) >= 11 is 0. The van der Waals surface area contributed by atoms with Gasteiger partial charge in [0.15, 0.2) is 0 Å². The van der Waals surface area contributed by atoms with Crippen LogP contribution in [-0.4, -0.2) is 27.2 Å². The van der Waals surface area contributed by atoms with Gasteiger partial charge in [0.1, 0.15) is 0 Å². The number of aliphatic carboxylic acids is 1. The first-order valence-electron chi connectivity index (χ1n) is 3.48. The van der Waals surface area contributed by atoms with Crippen molar-refractivity contribution in [3.8, 4) is 0 Å². The van der Waals surface area contributed by atoms with Crippen LogP contribution in [0.2, 0.25) is 0 Å². The third kappa shape index (κ3) is 0.952. The summed E-state index contributed by atoms with van der Waals surface area (Å²) in [6, 6.07) is 0. The standard InChI is InChI=1S/C7H7N3O2/c11-6(12)5-3-9-7-8-1-2-10(7)4-5/h1-2,4H,3H2,(H,8,9)(H,11,12). The van der Waals surface area contributed by atoms with E-state index in [9.17, 15) is 4.79 Å². The molecular formula is C7H7N3O2. The summed E-state index contributed by atoms with van der Waals surface area (Å²) in [7, 11) is 0. The highest BCUT2D eigenvalue weighted by molar-refractivity contribution is 5.92. The molecule has 0 spiro atoms. The van der Waals surface area contributed by atoms with Gasteiger partial charge in [-0.3, -0.25) is 4.57 Å². The third-order valence-corrected chi connectivity index (χ3v) is 1.68. The third-order valence-electron chi connectivity index (χ3n) is 1.68. The summed E-state index contributed by atoms with van der Waals surface area (Å²) in [4.78, 5) is 14.5. The molecule has 12 heavy (non-hydrogen) atoms. The Kier molecular flexibility index (Phi) is 1.36. The Morgan fingerprint density at radius 2 is 2.58 bits per heavy atom. The van der Waals surface area contributed by atoms with Crippen LogP contribution in [0.4, 0.5) is 5.95 Å². The van der Waals surface area contributed by atoms with Crippen molar-refractivity contribution in [3.63, 3.8) is 0 Å². The molecule has 1 aromatic heterocycles. The summed E-state index contributed by atoms with van der Waals surface area (Å²) < 4.78 is 1.65. The fourth-order valence-corrected chi connectivity index (χ4v) is 1.07. The molecule has 2 N–H and O–H groups in total. The smallest absolute Gasteiger partial charge is 0.334 e. The SMILES string of the molecule is O=C(O)C1=Cn2ccnc2NC1. The number of anilines is 1. The monoisotopic (exact) mass is 165 g/mol. The molecule has 5 heteroatoms. The zero-order valence-corrected chi connectivity index (χ0v) is 6.19. The van der Waals surface area contributed by atoms with Crippen molar-refractivity contribution in [2.24, 2.45) is 0 Å². The van der Waals surface area contributed by atoms with E-state index in [2.05, 4.69) is 10.3 Å². The lowest BCUT2D eigenvalue weighted by Gasteiger charge is -2.12. The van der Waals surface area contributed by atoms with Gasteiger partial charge in [-0.05, 0) is 0 Å². The summed E-state index contributed by atoms with van der Waals surface area (Å²) in [6.07, 6.45) is 4.87. The molecule has 0 unspecified atom stereocenters. The molecule has 0 fully saturated rings. The summed E-state index contributed by atoms with van der Waals surface area (Å²) in [5.41, 5.74) is 0.334. The van der Waals surface area contributed by atoms with Crippen molar-refractivity contribution < 1.29 is 9.90 Å². The first-order chi connectivity index (χ1) is 5.77. The number of nitrogens with zero attached hydrogens (tertiary/aromatic N) is 2. The van der Waals surface area contributed by atoms with Crippen molar-refractivity contribution in [3.05, 3.63) is 18.0 Å². The number of carboxylic acids is 1. The number of hydrogen-bond acceptors (Lipinski definition) is 3. The molecule has 0 saturated carbocycles. The fourth-order valence-electron chi connectivity index (χ4n) is 1.07. The van der Waals surface area contributed by atoms with Crippen molar-refractivity contribution in [2.45, 2.75) is 0 Å². The van der Waals surface area contributed by atoms with Gasteiger partial charge in [-0.25, -0.2) is 9.78 Å². The van der Waals surface area contributed by atoms with Crippen LogP contribution in [-0.2, 0) is 4.79 Å². The van der Waals surface area contributed by atoms with Crippen LogP contribution in [0.15, 0.2) is 18.0 Å². The Morgan fingerprint density at radius 3 is 3.33 bits per heavy atom. The van der Waals surface area contributed by atoms with Crippen molar-refractivity contribution in [1.82, 2.24) is 9.55 Å². The number of carboxylic acid groups (broad SMARTS) is 1. The second kappa shape index (κ2) is 2.37. The molecule has 0 radical (unpaired) electrons. The molecule has 2 heterocycles. The van der Waals surface area contributed by atoms with Crippen LogP contribution >= 0.6 is 0 Å². The van der Waals surface area contributed by atoms with E-state index in [1.807, 2.05) is 0 Å². The van der Waals surface area contributed by atoms with Crippen molar-refractivity contribution in [1.29, 1.82) is 0 Å². The van der Waals surface area contributed by atoms with Crippen molar-refractivity contribution in [2.75, 3.05) is 11.9 Å². The topological polar surface area (TPSA) is 67.1 Å². The normalized spacial score (nSPS) is 14.5. The summed E-state index contributed by atoms with van der Waals surface area (Å²) in [5.74, 6) is -0.221. The molecule has 1 aromatic rings. The highest BCUT2D eigenvalue weighted by Crippen LogP contribution is 2.13. The largest absolute Gasteiger partial charge is 0.478 e. The number of rotatable bonds is 1. The van der Waals surface area contributed by atoms with Gasteiger partial charge >= 0.3 is 5.97 Å². The first kappa shape index (κ1) is 6.90. The van der Waals surface area contributed by atoms with Crippen LogP contribution in [0.5, 0.6) is 0 Å². The van der Waals surface area contributed by atoms with E-state index in [0.29, 0.717) is 18.1 Å². The molecule has 1 aliphatic rings. The van der Waals surface area contributed by atoms with Gasteiger partial charge in [0, 0.05) is 18.6 Å². The molecule has 1 aliphatic heterocycles. The van der Waals surface area contributed by atoms with E-state index in [1.165, 1.54) is 0 Å². The Balaban J connectivity index is 2.41. The quantitative estimate of drug-likeness (QED) is 0.625. The fraction of sp³-hybridized carbons (Fsp3) is 0.143. The maximum Gasteiger partial charge on any atom is 0.334 e. The number of fused-ring (bicyclic) bond motifs is 1.